The fourth-order valence-electron chi connectivity index (χ4n) is 1.82. The maximum atomic E-state index is 11.6. The number of nitrogens with two attached hydrogens (primary N) is 1. The van der Waals surface area contributed by atoms with Crippen LogP contribution in [0.15, 0.2) is 17.1 Å². The highest BCUT2D eigenvalue weighted by molar-refractivity contribution is 8.39. The number of rotatable bonds is 4. The summed E-state index contributed by atoms with van der Waals surface area (Å²) in [5, 5.41) is 9.79. The number of aliphatic hydroxyl groups excluding tert-OH is 1. The fraction of sp³-hybridized carbons (Fsp3) is 0.556. The highest BCUT2D eigenvalue weighted by atomic mass is 32.7. The topological polar surface area (TPSA) is 117 Å². The number of nitrogens with zero attached hydrogens (tertiary/aromatic N) is 2. The lowest BCUT2D eigenvalue weighted by Crippen LogP contribution is -2.28. The predicted molar refractivity (Wildman–Crippen MR) is 70.0 cm³/mol. The van der Waals surface area contributed by atoms with Crippen molar-refractivity contribution in [2.24, 2.45) is 0 Å². The molecule has 4 atom stereocenters. The van der Waals surface area contributed by atoms with Gasteiger partial charge in [0.05, 0.1) is 6.10 Å². The quantitative estimate of drug-likeness (QED) is 0.532. The molecule has 0 saturated carbocycles. The lowest BCUT2D eigenvalue weighted by atomic mass is 10.2. The Kier molecular flexibility index (Phi) is 4.54. The van der Waals surface area contributed by atoms with Crippen molar-refractivity contribution in [3.05, 3.63) is 22.7 Å². The van der Waals surface area contributed by atoms with Crippen LogP contribution in [0.3, 0.4) is 0 Å². The van der Waals surface area contributed by atoms with Gasteiger partial charge < -0.3 is 15.6 Å². The molecule has 0 aliphatic carbocycles. The number of anilines is 1. The molecule has 2 rings (SSSR count). The van der Waals surface area contributed by atoms with Crippen LogP contribution in [-0.4, -0.2) is 33.5 Å². The summed E-state index contributed by atoms with van der Waals surface area (Å²) in [6, 6.07) is 1.46. The zero-order chi connectivity index (χ0) is 14.0. The molecule has 0 aromatic carbocycles. The minimum atomic E-state index is -2.06. The third-order valence-corrected chi connectivity index (χ3v) is 3.43. The molecule has 1 aliphatic heterocycles. The lowest BCUT2D eigenvalue weighted by Gasteiger charge is -2.13. The molecule has 104 valence electrons. The molecular weight excluding hydrogens is 293 g/mol. The normalized spacial score (nSPS) is 27.5. The van der Waals surface area contributed by atoms with Crippen LogP contribution >= 0.6 is 19.5 Å². The van der Waals surface area contributed by atoms with Gasteiger partial charge in [-0.1, -0.05) is 0 Å². The second kappa shape index (κ2) is 5.98. The molecule has 1 unspecified atom stereocenters. The maximum Gasteiger partial charge on any atom is 0.582 e. The van der Waals surface area contributed by atoms with E-state index in [0.29, 0.717) is 0 Å². The van der Waals surface area contributed by atoms with Crippen molar-refractivity contribution in [2.75, 3.05) is 12.3 Å². The van der Waals surface area contributed by atoms with Crippen LogP contribution in [0.4, 0.5) is 5.82 Å². The Morgan fingerprint density at radius 2 is 2.47 bits per heavy atom. The van der Waals surface area contributed by atoms with Crippen LogP contribution in [-0.2, 0) is 13.8 Å². The second-order valence-electron chi connectivity index (χ2n) is 4.01. The molecule has 2 heterocycles. The average molecular weight is 306 g/mol. The molecule has 0 spiro atoms. The van der Waals surface area contributed by atoms with Crippen molar-refractivity contribution in [1.82, 2.24) is 9.55 Å². The monoisotopic (exact) mass is 306 g/mol. The summed E-state index contributed by atoms with van der Waals surface area (Å²) in [5.74, 6) is 0.117. The van der Waals surface area contributed by atoms with Crippen LogP contribution < -0.4 is 11.4 Å². The number of aliphatic hydroxyl groups is 1. The van der Waals surface area contributed by atoms with E-state index in [4.69, 9.17) is 15.0 Å². The van der Waals surface area contributed by atoms with E-state index in [1.165, 1.54) is 16.8 Å². The SMILES string of the molecule is Nc1ccn([C@H]2C[C@H](O)[C@@H](CO[P+](=O)S)O2)c(=O)n1. The molecular formula is C9H13N3O5PS+. The van der Waals surface area contributed by atoms with Gasteiger partial charge in [0.1, 0.15) is 37.0 Å². The molecule has 1 fully saturated rings. The van der Waals surface area contributed by atoms with Gasteiger partial charge in [0.2, 0.25) is 0 Å². The van der Waals surface area contributed by atoms with Crippen LogP contribution in [0.25, 0.3) is 0 Å². The Hall–Kier alpha value is -0.990. The first-order chi connectivity index (χ1) is 8.97. The number of nitrogen functional groups attached to an aromatic ring is 1. The standard InChI is InChI=1S/C9H12N3O5PS/c10-7-1-2-12(9(14)11-7)8-3-5(13)6(17-8)4-16-18(15)19/h1-2,5-6,8,13H,3-4H2,(H2-,10,11,14,15,19)/p+1/t5-,6+,8+/m0/s1. The Morgan fingerprint density at radius 3 is 3.11 bits per heavy atom. The number of thiol groups is 1. The lowest BCUT2D eigenvalue weighted by molar-refractivity contribution is -0.0392. The molecule has 1 aromatic rings. The number of ether oxygens (including phenoxy) is 1. The third kappa shape index (κ3) is 3.52. The van der Waals surface area contributed by atoms with Crippen LogP contribution in [0.5, 0.6) is 0 Å². The van der Waals surface area contributed by atoms with E-state index in [-0.39, 0.29) is 18.8 Å². The Labute approximate surface area is 114 Å². The van der Waals surface area contributed by atoms with Gasteiger partial charge in [-0.15, -0.1) is 4.52 Å². The molecule has 0 radical (unpaired) electrons. The van der Waals surface area contributed by atoms with Gasteiger partial charge in [-0.2, -0.15) is 4.98 Å². The van der Waals surface area contributed by atoms with E-state index in [9.17, 15) is 14.5 Å². The number of aromatic nitrogens is 2. The molecule has 0 bridgehead atoms. The summed E-state index contributed by atoms with van der Waals surface area (Å²) < 4.78 is 22.2. The highest BCUT2D eigenvalue weighted by Crippen LogP contribution is 2.32. The van der Waals surface area contributed by atoms with E-state index >= 15 is 0 Å². The van der Waals surface area contributed by atoms with Gasteiger partial charge in [0.25, 0.3) is 0 Å². The van der Waals surface area contributed by atoms with Crippen molar-refractivity contribution in [3.63, 3.8) is 0 Å². The van der Waals surface area contributed by atoms with Gasteiger partial charge >= 0.3 is 12.9 Å². The van der Waals surface area contributed by atoms with E-state index in [2.05, 4.69) is 17.2 Å². The molecule has 0 amide bonds. The summed E-state index contributed by atoms with van der Waals surface area (Å²) in [5.41, 5.74) is 4.83. The summed E-state index contributed by atoms with van der Waals surface area (Å²) in [7, 11) is -2.06. The van der Waals surface area contributed by atoms with Crippen LogP contribution in [0.2, 0.25) is 0 Å². The van der Waals surface area contributed by atoms with Gasteiger partial charge in [0.15, 0.2) is 0 Å². The van der Waals surface area contributed by atoms with Gasteiger partial charge in [-0.3, -0.25) is 4.57 Å². The average Bonchev–Trinajstić information content (AvgIpc) is 2.67. The van der Waals surface area contributed by atoms with Gasteiger partial charge in [0, 0.05) is 12.6 Å². The maximum absolute atomic E-state index is 11.6. The summed E-state index contributed by atoms with van der Waals surface area (Å²) in [6.07, 6.45) is -0.479. The van der Waals surface area contributed by atoms with Crippen molar-refractivity contribution >= 4 is 25.3 Å². The minimum absolute atomic E-state index is 0.0620. The van der Waals surface area contributed by atoms with Crippen molar-refractivity contribution < 1.29 is 18.9 Å². The van der Waals surface area contributed by atoms with E-state index < -0.39 is 31.4 Å². The first-order valence-electron chi connectivity index (χ1n) is 5.44. The van der Waals surface area contributed by atoms with Gasteiger partial charge in [-0.05, 0) is 10.6 Å². The highest BCUT2D eigenvalue weighted by Gasteiger charge is 2.37. The first-order valence-corrected chi connectivity index (χ1v) is 7.77. The number of hydrogen-bond acceptors (Lipinski definition) is 7. The van der Waals surface area contributed by atoms with E-state index in [0.717, 1.165) is 0 Å². The molecule has 1 saturated heterocycles. The predicted octanol–water partition coefficient (Wildman–Crippen LogP) is 0.0777. The van der Waals surface area contributed by atoms with Crippen molar-refractivity contribution in [3.8, 4) is 0 Å². The molecule has 3 N–H and O–H groups in total. The first kappa shape index (κ1) is 14.4. The summed E-state index contributed by atoms with van der Waals surface area (Å²) in [6.45, 7) is -0.0620. The Balaban J connectivity index is 2.07. The molecule has 19 heavy (non-hydrogen) atoms. The fourth-order valence-corrected chi connectivity index (χ4v) is 2.29. The van der Waals surface area contributed by atoms with Crippen LogP contribution in [0, 0.1) is 0 Å². The van der Waals surface area contributed by atoms with E-state index in [1.807, 2.05) is 0 Å². The Bertz CT molecular complexity index is 539. The van der Waals surface area contributed by atoms with E-state index in [1.54, 1.807) is 0 Å². The summed E-state index contributed by atoms with van der Waals surface area (Å²) in [4.78, 5) is 15.2. The molecule has 8 nitrogen and oxygen atoms in total. The summed E-state index contributed by atoms with van der Waals surface area (Å²) >= 11 is 3.59. The smallest absolute Gasteiger partial charge is 0.390 e. The molecule has 1 aromatic heterocycles. The zero-order valence-electron chi connectivity index (χ0n) is 9.75. The molecule has 10 heteroatoms. The zero-order valence-corrected chi connectivity index (χ0v) is 11.5. The second-order valence-corrected chi connectivity index (χ2v) is 5.72. The van der Waals surface area contributed by atoms with Gasteiger partial charge in [-0.25, -0.2) is 4.79 Å². The van der Waals surface area contributed by atoms with Crippen molar-refractivity contribution in [2.45, 2.75) is 24.9 Å². The molecule has 1 aliphatic rings. The minimum Gasteiger partial charge on any atom is -0.390 e. The van der Waals surface area contributed by atoms with Crippen molar-refractivity contribution in [1.29, 1.82) is 0 Å². The largest absolute Gasteiger partial charge is 0.582 e. The Morgan fingerprint density at radius 1 is 1.74 bits per heavy atom. The third-order valence-electron chi connectivity index (χ3n) is 2.72. The number of hydrogen-bond donors (Lipinski definition) is 3. The van der Waals surface area contributed by atoms with Crippen LogP contribution in [0.1, 0.15) is 12.6 Å².